The average Bonchev–Trinajstić information content (AvgIpc) is 2.28. The Morgan fingerprint density at radius 2 is 2.00 bits per heavy atom. The van der Waals surface area contributed by atoms with Gasteiger partial charge in [0.25, 0.3) is 0 Å². The summed E-state index contributed by atoms with van der Waals surface area (Å²) in [6.45, 7) is 2.66. The van der Waals surface area contributed by atoms with Crippen LogP contribution in [-0.4, -0.2) is 12.9 Å². The molecule has 15 heavy (non-hydrogen) atoms. The molecule has 0 N–H and O–H groups in total. The van der Waals surface area contributed by atoms with Crippen molar-refractivity contribution in [1.29, 1.82) is 0 Å². The molecule has 0 unspecified atom stereocenters. The number of hydrogen-bond donors (Lipinski definition) is 0. The number of rotatable bonds is 7. The number of unbranched alkanes of at least 4 members (excludes halogenated alkanes) is 1. The van der Waals surface area contributed by atoms with Crippen molar-refractivity contribution in [2.75, 3.05) is 6.61 Å². The highest BCUT2D eigenvalue weighted by Gasteiger charge is 1.95. The van der Waals surface area contributed by atoms with Crippen LogP contribution in [0.25, 0.3) is 0 Å². The molecular weight excluding hydrogens is 188 g/mol. The molecule has 0 radical (unpaired) electrons. The van der Waals surface area contributed by atoms with Crippen LogP contribution in [-0.2, 0) is 11.2 Å². The van der Waals surface area contributed by atoms with Crippen LogP contribution in [0.15, 0.2) is 24.3 Å². The van der Waals surface area contributed by atoms with Crippen molar-refractivity contribution >= 4 is 6.29 Å². The Labute approximate surface area is 91.3 Å². The quantitative estimate of drug-likeness (QED) is 0.506. The molecule has 1 rings (SSSR count). The van der Waals surface area contributed by atoms with Crippen molar-refractivity contribution in [3.05, 3.63) is 29.8 Å². The third kappa shape index (κ3) is 4.63. The molecule has 0 amide bonds. The van der Waals surface area contributed by atoms with Gasteiger partial charge in [0.15, 0.2) is 0 Å². The van der Waals surface area contributed by atoms with Crippen LogP contribution in [0.5, 0.6) is 5.75 Å². The summed E-state index contributed by atoms with van der Waals surface area (Å²) in [5, 5.41) is 0. The molecule has 82 valence electrons. The van der Waals surface area contributed by atoms with Gasteiger partial charge in [-0.25, -0.2) is 0 Å². The summed E-state index contributed by atoms with van der Waals surface area (Å²) < 4.78 is 5.37. The van der Waals surface area contributed by atoms with Gasteiger partial charge < -0.3 is 9.53 Å². The van der Waals surface area contributed by atoms with Gasteiger partial charge in [0.05, 0.1) is 6.61 Å². The van der Waals surface area contributed by atoms with E-state index in [-0.39, 0.29) is 0 Å². The summed E-state index contributed by atoms with van der Waals surface area (Å²) in [5.74, 6) is 0.845. The maximum atomic E-state index is 10.1. The van der Waals surface area contributed by atoms with Crippen molar-refractivity contribution in [1.82, 2.24) is 0 Å². The average molecular weight is 206 g/mol. The van der Waals surface area contributed by atoms with Gasteiger partial charge in [-0.2, -0.15) is 0 Å². The number of aryl methyl sites for hydroxylation is 1. The first-order valence-corrected chi connectivity index (χ1v) is 5.52. The highest BCUT2D eigenvalue weighted by atomic mass is 16.5. The molecular formula is C13H18O2. The number of aldehydes is 1. The number of hydrogen-bond acceptors (Lipinski definition) is 2. The van der Waals surface area contributed by atoms with E-state index in [1.54, 1.807) is 0 Å². The number of benzene rings is 1. The Morgan fingerprint density at radius 3 is 2.60 bits per heavy atom. The summed E-state index contributed by atoms with van der Waals surface area (Å²) in [7, 11) is 0. The Morgan fingerprint density at radius 1 is 1.27 bits per heavy atom. The van der Waals surface area contributed by atoms with Gasteiger partial charge in [-0.15, -0.1) is 0 Å². The van der Waals surface area contributed by atoms with E-state index in [1.807, 2.05) is 12.1 Å². The molecule has 0 bridgehead atoms. The molecule has 0 atom stereocenters. The molecule has 2 nitrogen and oxygen atoms in total. The predicted octanol–water partition coefficient (Wildman–Crippen LogP) is 3.00. The predicted molar refractivity (Wildman–Crippen MR) is 61.2 cm³/mol. The van der Waals surface area contributed by atoms with Gasteiger partial charge in [-0.05, 0) is 30.5 Å². The summed E-state index contributed by atoms with van der Waals surface area (Å²) in [6.07, 6.45) is 4.90. The lowest BCUT2D eigenvalue weighted by Gasteiger charge is -2.05. The van der Waals surface area contributed by atoms with Gasteiger partial charge in [0.2, 0.25) is 0 Å². The molecule has 0 aliphatic rings. The van der Waals surface area contributed by atoms with Gasteiger partial charge in [-0.3, -0.25) is 0 Å². The zero-order chi connectivity index (χ0) is 10.9. The molecule has 0 aromatic heterocycles. The fourth-order valence-corrected chi connectivity index (χ4v) is 1.36. The van der Waals surface area contributed by atoms with E-state index < -0.39 is 0 Å². The van der Waals surface area contributed by atoms with Crippen molar-refractivity contribution in [3.8, 4) is 5.75 Å². The van der Waals surface area contributed by atoms with E-state index in [4.69, 9.17) is 4.74 Å². The van der Waals surface area contributed by atoms with Crippen LogP contribution >= 0.6 is 0 Å². The van der Waals surface area contributed by atoms with Crippen molar-refractivity contribution in [3.63, 3.8) is 0 Å². The van der Waals surface area contributed by atoms with Crippen LogP contribution in [0, 0.1) is 0 Å². The molecule has 0 spiro atoms. The van der Waals surface area contributed by atoms with Crippen LogP contribution < -0.4 is 4.74 Å². The zero-order valence-corrected chi connectivity index (χ0v) is 9.24. The van der Waals surface area contributed by atoms with Gasteiger partial charge in [0.1, 0.15) is 12.0 Å². The highest BCUT2D eigenvalue weighted by molar-refractivity contribution is 5.49. The first-order chi connectivity index (χ1) is 7.36. The molecule has 2 heteroatoms. The Balaban J connectivity index is 2.38. The Bertz CT molecular complexity index is 277. The maximum Gasteiger partial charge on any atom is 0.123 e. The lowest BCUT2D eigenvalue weighted by molar-refractivity contribution is -0.108. The Kier molecular flexibility index (Phi) is 5.52. The van der Waals surface area contributed by atoms with Gasteiger partial charge in [-0.1, -0.05) is 25.5 Å². The maximum absolute atomic E-state index is 10.1. The van der Waals surface area contributed by atoms with Gasteiger partial charge >= 0.3 is 0 Å². The monoisotopic (exact) mass is 206 g/mol. The molecule has 0 heterocycles. The first kappa shape index (κ1) is 11.8. The van der Waals surface area contributed by atoms with Crippen molar-refractivity contribution < 1.29 is 9.53 Å². The summed E-state index contributed by atoms with van der Waals surface area (Å²) in [6, 6.07) is 8.11. The molecule has 0 saturated carbocycles. The fourth-order valence-electron chi connectivity index (χ4n) is 1.36. The van der Waals surface area contributed by atoms with E-state index in [1.165, 1.54) is 18.4 Å². The van der Waals surface area contributed by atoms with E-state index in [0.29, 0.717) is 13.0 Å². The highest BCUT2D eigenvalue weighted by Crippen LogP contribution is 2.13. The molecule has 1 aromatic rings. The standard InChI is InChI=1S/C13H18O2/c1-2-3-5-12-6-8-13(9-7-12)15-11-4-10-14/h6-10H,2-5,11H2,1H3. The van der Waals surface area contributed by atoms with Crippen LogP contribution in [0.2, 0.25) is 0 Å². The largest absolute Gasteiger partial charge is 0.493 e. The molecule has 1 aromatic carbocycles. The molecule has 0 fully saturated rings. The van der Waals surface area contributed by atoms with Crippen LogP contribution in [0.3, 0.4) is 0 Å². The zero-order valence-electron chi connectivity index (χ0n) is 9.24. The lowest BCUT2D eigenvalue weighted by atomic mass is 10.1. The summed E-state index contributed by atoms with van der Waals surface area (Å²) >= 11 is 0. The van der Waals surface area contributed by atoms with Gasteiger partial charge in [0, 0.05) is 6.42 Å². The van der Waals surface area contributed by atoms with E-state index in [2.05, 4.69) is 19.1 Å². The number of ether oxygens (including phenoxy) is 1. The summed E-state index contributed by atoms with van der Waals surface area (Å²) in [4.78, 5) is 10.1. The second-order valence-corrected chi connectivity index (χ2v) is 3.55. The SMILES string of the molecule is CCCCc1ccc(OCCC=O)cc1. The second-order valence-electron chi connectivity index (χ2n) is 3.55. The first-order valence-electron chi connectivity index (χ1n) is 5.52. The smallest absolute Gasteiger partial charge is 0.123 e. The lowest BCUT2D eigenvalue weighted by Crippen LogP contribution is -1.97. The Hall–Kier alpha value is -1.31. The fraction of sp³-hybridized carbons (Fsp3) is 0.462. The third-order valence-electron chi connectivity index (χ3n) is 2.25. The minimum Gasteiger partial charge on any atom is -0.493 e. The normalized spacial score (nSPS) is 9.93. The van der Waals surface area contributed by atoms with Crippen molar-refractivity contribution in [2.45, 2.75) is 32.6 Å². The minimum atomic E-state index is 0.456. The molecule has 0 saturated heterocycles. The molecule has 0 aliphatic heterocycles. The van der Waals surface area contributed by atoms with Crippen LogP contribution in [0.4, 0.5) is 0 Å². The summed E-state index contributed by atoms with van der Waals surface area (Å²) in [5.41, 5.74) is 1.35. The third-order valence-corrected chi connectivity index (χ3v) is 2.25. The van der Waals surface area contributed by atoms with E-state index >= 15 is 0 Å². The number of carbonyl (C=O) groups excluding carboxylic acids is 1. The second kappa shape index (κ2) is 7.04. The van der Waals surface area contributed by atoms with Crippen LogP contribution in [0.1, 0.15) is 31.7 Å². The van der Waals surface area contributed by atoms with E-state index in [9.17, 15) is 4.79 Å². The number of carbonyl (C=O) groups is 1. The van der Waals surface area contributed by atoms with E-state index in [0.717, 1.165) is 18.5 Å². The molecule has 0 aliphatic carbocycles. The van der Waals surface area contributed by atoms with Crippen molar-refractivity contribution in [2.24, 2.45) is 0 Å². The minimum absolute atomic E-state index is 0.456. The topological polar surface area (TPSA) is 26.3 Å².